The minimum absolute atomic E-state index is 0.0335. The van der Waals surface area contributed by atoms with Crippen LogP contribution in [0.4, 0.5) is 0 Å². The maximum Gasteiger partial charge on any atom is 0.307 e. The number of rotatable bonds is 5. The maximum absolute atomic E-state index is 11.4. The number of amides is 1. The van der Waals surface area contributed by atoms with Crippen LogP contribution in [0.3, 0.4) is 0 Å². The molecule has 1 aliphatic rings. The molecular formula is C11H19NO4. The van der Waals surface area contributed by atoms with Crippen LogP contribution in [0.15, 0.2) is 0 Å². The quantitative estimate of drug-likeness (QED) is 0.725. The van der Waals surface area contributed by atoms with E-state index in [0.717, 1.165) is 12.8 Å². The van der Waals surface area contributed by atoms with Crippen LogP contribution >= 0.6 is 0 Å². The fraction of sp³-hybridized carbons (Fsp3) is 0.818. The molecule has 5 heteroatoms. The molecule has 0 saturated carbocycles. The lowest BCUT2D eigenvalue weighted by atomic mass is 9.85. The molecule has 0 aromatic heterocycles. The number of carbonyl (C=O) groups excluding carboxylic acids is 1. The Labute approximate surface area is 95.2 Å². The van der Waals surface area contributed by atoms with Crippen LogP contribution in [0, 0.1) is 11.8 Å². The van der Waals surface area contributed by atoms with Gasteiger partial charge in [-0.3, -0.25) is 9.59 Å². The van der Waals surface area contributed by atoms with Crippen molar-refractivity contribution >= 4 is 11.9 Å². The van der Waals surface area contributed by atoms with Gasteiger partial charge in [-0.1, -0.05) is 0 Å². The lowest BCUT2D eigenvalue weighted by Gasteiger charge is -2.27. The highest BCUT2D eigenvalue weighted by Gasteiger charge is 2.31. The minimum atomic E-state index is -0.901. The molecule has 1 heterocycles. The van der Waals surface area contributed by atoms with Crippen molar-refractivity contribution in [2.45, 2.75) is 26.2 Å². The predicted molar refractivity (Wildman–Crippen MR) is 58.0 cm³/mol. The summed E-state index contributed by atoms with van der Waals surface area (Å²) >= 11 is 0. The molecular weight excluding hydrogens is 210 g/mol. The van der Waals surface area contributed by atoms with E-state index in [0.29, 0.717) is 19.8 Å². The molecule has 2 N–H and O–H groups in total. The van der Waals surface area contributed by atoms with Gasteiger partial charge in [0.15, 0.2) is 0 Å². The lowest BCUT2D eigenvalue weighted by Crippen LogP contribution is -2.35. The predicted octanol–water partition coefficient (Wildman–Crippen LogP) is 0.640. The van der Waals surface area contributed by atoms with Crippen molar-refractivity contribution in [3.63, 3.8) is 0 Å². The number of hydrogen-bond donors (Lipinski definition) is 2. The van der Waals surface area contributed by atoms with Crippen molar-refractivity contribution in [2.75, 3.05) is 19.8 Å². The third-order valence-electron chi connectivity index (χ3n) is 2.86. The first-order chi connectivity index (χ1) is 7.65. The molecule has 0 aromatic carbocycles. The average Bonchev–Trinajstić information content (AvgIpc) is 2.27. The minimum Gasteiger partial charge on any atom is -0.481 e. The largest absolute Gasteiger partial charge is 0.481 e. The van der Waals surface area contributed by atoms with Crippen molar-refractivity contribution in [2.24, 2.45) is 11.8 Å². The van der Waals surface area contributed by atoms with E-state index >= 15 is 0 Å². The number of ether oxygens (including phenoxy) is 1. The van der Waals surface area contributed by atoms with Crippen LogP contribution < -0.4 is 5.32 Å². The molecule has 2 atom stereocenters. The van der Waals surface area contributed by atoms with Gasteiger partial charge in [0, 0.05) is 19.6 Å². The zero-order valence-electron chi connectivity index (χ0n) is 9.57. The van der Waals surface area contributed by atoms with Crippen molar-refractivity contribution < 1.29 is 19.4 Å². The summed E-state index contributed by atoms with van der Waals surface area (Å²) in [6, 6.07) is 0. The molecule has 0 spiro atoms. The highest BCUT2D eigenvalue weighted by molar-refractivity contribution is 5.82. The van der Waals surface area contributed by atoms with Gasteiger partial charge in [0.25, 0.3) is 0 Å². The van der Waals surface area contributed by atoms with Gasteiger partial charge in [0.05, 0.1) is 12.5 Å². The number of aliphatic carboxylic acids is 1. The van der Waals surface area contributed by atoms with Gasteiger partial charge in [0.1, 0.15) is 0 Å². The van der Waals surface area contributed by atoms with Gasteiger partial charge in [-0.25, -0.2) is 0 Å². The monoisotopic (exact) mass is 229 g/mol. The zero-order chi connectivity index (χ0) is 12.0. The van der Waals surface area contributed by atoms with Gasteiger partial charge in [-0.05, 0) is 25.7 Å². The topological polar surface area (TPSA) is 75.6 Å². The van der Waals surface area contributed by atoms with Crippen LogP contribution in [0.5, 0.6) is 0 Å². The molecule has 0 aromatic rings. The van der Waals surface area contributed by atoms with E-state index in [4.69, 9.17) is 9.84 Å². The Kier molecular flexibility index (Phi) is 5.25. The van der Waals surface area contributed by atoms with Gasteiger partial charge in [0.2, 0.25) is 5.91 Å². The molecule has 0 aliphatic carbocycles. The van der Waals surface area contributed by atoms with Crippen molar-refractivity contribution in [3.05, 3.63) is 0 Å². The summed E-state index contributed by atoms with van der Waals surface area (Å²) < 4.78 is 5.26. The summed E-state index contributed by atoms with van der Waals surface area (Å²) in [7, 11) is 0. The Morgan fingerprint density at radius 1 is 1.56 bits per heavy atom. The number of hydrogen-bond acceptors (Lipinski definition) is 3. The second-order valence-electron chi connectivity index (χ2n) is 4.08. The Balaban J connectivity index is 2.52. The Morgan fingerprint density at radius 3 is 2.81 bits per heavy atom. The van der Waals surface area contributed by atoms with Crippen molar-refractivity contribution in [3.8, 4) is 0 Å². The van der Waals surface area contributed by atoms with E-state index in [9.17, 15) is 9.59 Å². The molecule has 1 fully saturated rings. The second-order valence-corrected chi connectivity index (χ2v) is 4.08. The van der Waals surface area contributed by atoms with Crippen LogP contribution in [0.2, 0.25) is 0 Å². The summed E-state index contributed by atoms with van der Waals surface area (Å²) in [5.41, 5.74) is 0. The third kappa shape index (κ3) is 3.81. The highest BCUT2D eigenvalue weighted by atomic mass is 16.5. The standard InChI is InChI=1S/C11H19NO4/c1-2-12-10(13)6-9(11(14)15)8-4-3-5-16-7-8/h8-9H,2-7H2,1H3,(H,12,13)(H,14,15). The van der Waals surface area contributed by atoms with Gasteiger partial charge in [-0.2, -0.15) is 0 Å². The van der Waals surface area contributed by atoms with E-state index in [2.05, 4.69) is 5.32 Å². The Hall–Kier alpha value is -1.10. The number of carbonyl (C=O) groups is 2. The number of carboxylic acids is 1. The van der Waals surface area contributed by atoms with E-state index in [1.54, 1.807) is 0 Å². The molecule has 1 rings (SSSR count). The first kappa shape index (κ1) is 13.0. The Morgan fingerprint density at radius 2 is 2.31 bits per heavy atom. The zero-order valence-corrected chi connectivity index (χ0v) is 9.57. The first-order valence-electron chi connectivity index (χ1n) is 5.72. The summed E-state index contributed by atoms with van der Waals surface area (Å²) in [5.74, 6) is -1.75. The molecule has 2 unspecified atom stereocenters. The smallest absolute Gasteiger partial charge is 0.307 e. The van der Waals surface area contributed by atoms with Crippen LogP contribution in [0.1, 0.15) is 26.2 Å². The summed E-state index contributed by atoms with van der Waals surface area (Å²) in [6.45, 7) is 3.50. The molecule has 5 nitrogen and oxygen atoms in total. The van der Waals surface area contributed by atoms with Crippen molar-refractivity contribution in [1.82, 2.24) is 5.32 Å². The average molecular weight is 229 g/mol. The van der Waals surface area contributed by atoms with Crippen LogP contribution in [-0.2, 0) is 14.3 Å². The van der Waals surface area contributed by atoms with E-state index < -0.39 is 11.9 Å². The van der Waals surface area contributed by atoms with E-state index in [-0.39, 0.29) is 18.2 Å². The molecule has 1 amide bonds. The van der Waals surface area contributed by atoms with Crippen LogP contribution in [-0.4, -0.2) is 36.7 Å². The lowest BCUT2D eigenvalue weighted by molar-refractivity contribution is -0.148. The first-order valence-corrected chi connectivity index (χ1v) is 5.72. The molecule has 1 saturated heterocycles. The molecule has 1 aliphatic heterocycles. The van der Waals surface area contributed by atoms with Gasteiger partial charge in [-0.15, -0.1) is 0 Å². The van der Waals surface area contributed by atoms with Gasteiger partial charge < -0.3 is 15.2 Å². The summed E-state index contributed by atoms with van der Waals surface area (Å²) in [6.07, 6.45) is 1.76. The van der Waals surface area contributed by atoms with Crippen LogP contribution in [0.25, 0.3) is 0 Å². The van der Waals surface area contributed by atoms with Crippen molar-refractivity contribution in [1.29, 1.82) is 0 Å². The summed E-state index contributed by atoms with van der Waals surface area (Å²) in [5, 5.41) is 11.7. The molecule has 16 heavy (non-hydrogen) atoms. The van der Waals surface area contributed by atoms with E-state index in [1.165, 1.54) is 0 Å². The molecule has 0 bridgehead atoms. The van der Waals surface area contributed by atoms with E-state index in [1.807, 2.05) is 6.92 Å². The Bertz CT molecular complexity index is 246. The molecule has 0 radical (unpaired) electrons. The molecule has 92 valence electrons. The van der Waals surface area contributed by atoms with Gasteiger partial charge >= 0.3 is 5.97 Å². The highest BCUT2D eigenvalue weighted by Crippen LogP contribution is 2.25. The fourth-order valence-corrected chi connectivity index (χ4v) is 2.01. The fourth-order valence-electron chi connectivity index (χ4n) is 2.01. The normalized spacial score (nSPS) is 22.4. The SMILES string of the molecule is CCNC(=O)CC(C(=O)O)C1CCCOC1. The number of carboxylic acid groups (broad SMARTS) is 1. The maximum atomic E-state index is 11.4. The summed E-state index contributed by atoms with van der Waals surface area (Å²) in [4.78, 5) is 22.5. The second kappa shape index (κ2) is 6.48. The third-order valence-corrected chi connectivity index (χ3v) is 2.86. The number of nitrogens with one attached hydrogen (secondary N) is 1.